The fourth-order valence-electron chi connectivity index (χ4n) is 5.42. The van der Waals surface area contributed by atoms with Gasteiger partial charge in [0, 0.05) is 48.3 Å². The third-order valence-corrected chi connectivity index (χ3v) is 10.7. The Hall–Kier alpha value is -3.91. The van der Waals surface area contributed by atoms with Crippen LogP contribution in [0.3, 0.4) is 0 Å². The van der Waals surface area contributed by atoms with E-state index in [9.17, 15) is 9.90 Å². The van der Waals surface area contributed by atoms with Crippen molar-refractivity contribution < 1.29 is 19.4 Å². The number of amides is 1. The summed E-state index contributed by atoms with van der Waals surface area (Å²) in [7, 11) is 1.63. The van der Waals surface area contributed by atoms with Crippen molar-refractivity contribution in [2.24, 2.45) is 5.92 Å². The van der Waals surface area contributed by atoms with Gasteiger partial charge in [-0.2, -0.15) is 5.10 Å². The number of hydrogen-bond donors (Lipinski definition) is 1. The molecule has 0 saturated carbocycles. The van der Waals surface area contributed by atoms with Gasteiger partial charge in [0.2, 0.25) is 4.96 Å². The van der Waals surface area contributed by atoms with Crippen LogP contribution in [0.25, 0.3) is 36.5 Å². The van der Waals surface area contributed by atoms with Gasteiger partial charge in [0.25, 0.3) is 5.91 Å². The molecule has 1 saturated heterocycles. The van der Waals surface area contributed by atoms with E-state index < -0.39 is 0 Å². The van der Waals surface area contributed by atoms with E-state index in [-0.39, 0.29) is 19.1 Å². The summed E-state index contributed by atoms with van der Waals surface area (Å²) in [5, 5.41) is 18.3. The normalized spacial score (nSPS) is 14.1. The molecule has 5 heterocycles. The fraction of sp³-hybridized carbons (Fsp3) is 0.323. The number of carbonyl (C=O) groups is 1. The maximum Gasteiger partial charge on any atom is 0.253 e. The molecule has 0 aliphatic carbocycles. The van der Waals surface area contributed by atoms with Crippen LogP contribution in [-0.2, 0) is 6.61 Å². The highest BCUT2D eigenvalue weighted by Gasteiger charge is 2.23. The molecule has 2 aromatic carbocycles. The van der Waals surface area contributed by atoms with Crippen LogP contribution in [0.5, 0.6) is 11.5 Å². The van der Waals surface area contributed by atoms with Crippen molar-refractivity contribution in [3.63, 3.8) is 0 Å². The van der Waals surface area contributed by atoms with Crippen LogP contribution in [0.1, 0.15) is 40.3 Å². The van der Waals surface area contributed by atoms with Gasteiger partial charge >= 0.3 is 0 Å². The number of methoxy groups -OCH3 is 1. The number of benzene rings is 2. The number of likely N-dealkylation sites (tertiary alicyclic amines) is 1. The summed E-state index contributed by atoms with van der Waals surface area (Å²) in [4.78, 5) is 30.1. The molecule has 0 atom stereocenters. The standard InChI is InChI=1S/C31H30N6O4S3/c1-18-35-37-15-25(34-31(37)43-18)29-33-24-13-23(40-2)14-26(27(24)44-29)41-16-22-17-42-28(32-22)20-3-5-21(6-4-20)30(39)36-10-7-19(8-11-36)9-12-38/h3-6,13-15,17,19,38H,7-12,16H2,1-2H3. The van der Waals surface area contributed by atoms with E-state index in [1.807, 2.05) is 59.8 Å². The van der Waals surface area contributed by atoms with Gasteiger partial charge in [-0.1, -0.05) is 23.5 Å². The molecule has 1 aliphatic heterocycles. The van der Waals surface area contributed by atoms with Crippen LogP contribution < -0.4 is 9.47 Å². The molecular weight excluding hydrogens is 617 g/mol. The first kappa shape index (κ1) is 28.8. The number of thiazole rings is 2. The second-order valence-corrected chi connectivity index (χ2v) is 13.7. The van der Waals surface area contributed by atoms with Gasteiger partial charge in [0.05, 0.1) is 29.2 Å². The van der Waals surface area contributed by atoms with Crippen molar-refractivity contribution >= 4 is 55.1 Å². The molecule has 44 heavy (non-hydrogen) atoms. The number of nitrogens with zero attached hydrogens (tertiary/aromatic N) is 6. The predicted molar refractivity (Wildman–Crippen MR) is 173 cm³/mol. The van der Waals surface area contributed by atoms with E-state index in [0.717, 1.165) is 79.5 Å². The molecule has 6 aromatic rings. The molecule has 7 rings (SSSR count). The highest BCUT2D eigenvalue weighted by molar-refractivity contribution is 7.22. The fourth-order valence-corrected chi connectivity index (χ4v) is 7.92. The molecule has 226 valence electrons. The summed E-state index contributed by atoms with van der Waals surface area (Å²) in [6, 6.07) is 11.4. The Balaban J connectivity index is 1.04. The molecule has 10 nitrogen and oxygen atoms in total. The minimum atomic E-state index is 0.0579. The van der Waals surface area contributed by atoms with Gasteiger partial charge in [0.1, 0.15) is 38.8 Å². The number of aliphatic hydroxyl groups excluding tert-OH is 1. The zero-order valence-corrected chi connectivity index (χ0v) is 26.7. The monoisotopic (exact) mass is 646 g/mol. The summed E-state index contributed by atoms with van der Waals surface area (Å²) in [5.74, 6) is 1.90. The number of ether oxygens (including phenoxy) is 2. The van der Waals surface area contributed by atoms with Crippen LogP contribution in [0.2, 0.25) is 0 Å². The van der Waals surface area contributed by atoms with Gasteiger partial charge in [-0.05, 0) is 44.2 Å². The van der Waals surface area contributed by atoms with Crippen molar-refractivity contribution in [3.8, 4) is 32.8 Å². The van der Waals surface area contributed by atoms with Gasteiger partial charge in [-0.3, -0.25) is 4.79 Å². The van der Waals surface area contributed by atoms with Crippen molar-refractivity contribution in [1.82, 2.24) is 29.5 Å². The number of fused-ring (bicyclic) bond motifs is 2. The highest BCUT2D eigenvalue weighted by atomic mass is 32.1. The lowest BCUT2D eigenvalue weighted by Gasteiger charge is -2.31. The Morgan fingerprint density at radius 3 is 2.64 bits per heavy atom. The van der Waals surface area contributed by atoms with E-state index in [2.05, 4.69) is 5.10 Å². The summed E-state index contributed by atoms with van der Waals surface area (Å²) in [6.45, 7) is 3.94. The topological polar surface area (TPSA) is 115 Å². The number of piperidine rings is 1. The Bertz CT molecular complexity index is 1900. The van der Waals surface area contributed by atoms with E-state index in [0.29, 0.717) is 23.0 Å². The van der Waals surface area contributed by atoms with Crippen LogP contribution in [0.15, 0.2) is 48.0 Å². The minimum absolute atomic E-state index is 0.0579. The van der Waals surface area contributed by atoms with Crippen molar-refractivity contribution in [1.29, 1.82) is 0 Å². The molecule has 1 N–H and O–H groups in total. The zero-order valence-electron chi connectivity index (χ0n) is 24.2. The van der Waals surface area contributed by atoms with E-state index in [4.69, 9.17) is 24.4 Å². The molecular formula is C31H30N6O4S3. The van der Waals surface area contributed by atoms with Crippen molar-refractivity contribution in [2.45, 2.75) is 32.8 Å². The average Bonchev–Trinajstić information content (AvgIpc) is 3.83. The Morgan fingerprint density at radius 1 is 1.07 bits per heavy atom. The number of imidazole rings is 1. The molecule has 1 fully saturated rings. The first-order valence-electron chi connectivity index (χ1n) is 14.4. The maximum atomic E-state index is 13.0. The first-order chi connectivity index (χ1) is 21.5. The molecule has 13 heteroatoms. The maximum absolute atomic E-state index is 13.0. The Labute approximate surface area is 265 Å². The summed E-state index contributed by atoms with van der Waals surface area (Å²) >= 11 is 4.61. The second-order valence-electron chi connectivity index (χ2n) is 10.7. The SMILES string of the molecule is COc1cc(OCc2csc(-c3ccc(C(=O)N4CCC(CCO)CC4)cc3)n2)c2sc(-c3cn4nc(C)sc4n3)nc2c1. The number of carbonyl (C=O) groups excluding carboxylic acids is 1. The summed E-state index contributed by atoms with van der Waals surface area (Å²) in [6.07, 6.45) is 4.61. The van der Waals surface area contributed by atoms with E-state index in [1.165, 1.54) is 11.3 Å². The molecule has 0 unspecified atom stereocenters. The number of aliphatic hydroxyl groups is 1. The van der Waals surface area contributed by atoms with Gasteiger partial charge in [-0.15, -0.1) is 22.7 Å². The number of hydrogen-bond acceptors (Lipinski definition) is 11. The van der Waals surface area contributed by atoms with Gasteiger partial charge in [-0.25, -0.2) is 19.5 Å². The molecule has 0 radical (unpaired) electrons. The van der Waals surface area contributed by atoms with Gasteiger partial charge < -0.3 is 19.5 Å². The predicted octanol–water partition coefficient (Wildman–Crippen LogP) is 6.32. The number of rotatable bonds is 9. The molecule has 0 spiro atoms. The highest BCUT2D eigenvalue weighted by Crippen LogP contribution is 2.39. The van der Waals surface area contributed by atoms with E-state index in [1.54, 1.807) is 34.3 Å². The molecule has 1 aliphatic rings. The Morgan fingerprint density at radius 2 is 1.89 bits per heavy atom. The number of aromatic nitrogens is 5. The lowest BCUT2D eigenvalue weighted by atomic mass is 9.93. The average molecular weight is 647 g/mol. The zero-order chi connectivity index (χ0) is 30.2. The second kappa shape index (κ2) is 12.2. The van der Waals surface area contributed by atoms with Gasteiger partial charge in [0.15, 0.2) is 0 Å². The quantitative estimate of drug-likeness (QED) is 0.194. The third kappa shape index (κ3) is 5.80. The van der Waals surface area contributed by atoms with E-state index >= 15 is 0 Å². The molecule has 0 bridgehead atoms. The van der Waals surface area contributed by atoms with Crippen molar-refractivity contribution in [3.05, 3.63) is 64.2 Å². The van der Waals surface area contributed by atoms with Crippen LogP contribution in [-0.4, -0.2) is 67.3 Å². The minimum Gasteiger partial charge on any atom is -0.497 e. The summed E-state index contributed by atoms with van der Waals surface area (Å²) in [5.41, 5.74) is 4.01. The largest absolute Gasteiger partial charge is 0.497 e. The molecule has 4 aromatic heterocycles. The smallest absolute Gasteiger partial charge is 0.253 e. The van der Waals surface area contributed by atoms with Crippen LogP contribution in [0, 0.1) is 12.8 Å². The third-order valence-electron chi connectivity index (χ3n) is 7.77. The lowest BCUT2D eigenvalue weighted by Crippen LogP contribution is -2.38. The first-order valence-corrected chi connectivity index (χ1v) is 16.9. The summed E-state index contributed by atoms with van der Waals surface area (Å²) < 4.78 is 14.5. The van der Waals surface area contributed by atoms with Crippen LogP contribution in [0.4, 0.5) is 0 Å². The Kier molecular flexibility index (Phi) is 8.02. The number of aryl methyl sites for hydroxylation is 1. The molecule has 1 amide bonds. The van der Waals surface area contributed by atoms with Crippen LogP contribution >= 0.6 is 34.0 Å². The lowest BCUT2D eigenvalue weighted by molar-refractivity contribution is 0.0678. The van der Waals surface area contributed by atoms with Crippen molar-refractivity contribution in [2.75, 3.05) is 26.8 Å².